The summed E-state index contributed by atoms with van der Waals surface area (Å²) in [5.74, 6) is 0.524. The molecule has 13 heavy (non-hydrogen) atoms. The molecule has 1 saturated carbocycles. The summed E-state index contributed by atoms with van der Waals surface area (Å²) in [6.07, 6.45) is 4.74. The van der Waals surface area contributed by atoms with Crippen molar-refractivity contribution in [3.63, 3.8) is 0 Å². The topological polar surface area (TPSA) is 26.3 Å². The van der Waals surface area contributed by atoms with E-state index < -0.39 is 5.43 Å². The molecule has 0 aromatic carbocycles. The maximum atomic E-state index is 10.4. The van der Waals surface area contributed by atoms with Gasteiger partial charge in [-0.15, -0.1) is 0 Å². The van der Waals surface area contributed by atoms with Crippen molar-refractivity contribution in [2.45, 2.75) is 39.5 Å². The SMILES string of the molecule is CC1(C)CCC(COC(=O)Cl)CC1. The zero-order valence-electron chi connectivity index (χ0n) is 8.31. The molecule has 1 aliphatic carbocycles. The third-order valence-corrected chi connectivity index (χ3v) is 3.00. The van der Waals surface area contributed by atoms with Crippen LogP contribution in [0.3, 0.4) is 0 Å². The van der Waals surface area contributed by atoms with E-state index in [2.05, 4.69) is 13.8 Å². The molecule has 1 rings (SSSR count). The zero-order chi connectivity index (χ0) is 9.90. The molecular formula is C10H17ClO2. The van der Waals surface area contributed by atoms with Gasteiger partial charge in [0, 0.05) is 11.6 Å². The van der Waals surface area contributed by atoms with E-state index in [1.807, 2.05) is 0 Å². The Morgan fingerprint density at radius 1 is 1.46 bits per heavy atom. The fourth-order valence-corrected chi connectivity index (χ4v) is 1.87. The van der Waals surface area contributed by atoms with Crippen LogP contribution in [0.25, 0.3) is 0 Å². The van der Waals surface area contributed by atoms with Gasteiger partial charge < -0.3 is 4.74 Å². The van der Waals surface area contributed by atoms with Crippen molar-refractivity contribution in [1.29, 1.82) is 0 Å². The van der Waals surface area contributed by atoms with Crippen LogP contribution in [0.15, 0.2) is 0 Å². The van der Waals surface area contributed by atoms with Crippen LogP contribution in [-0.4, -0.2) is 12.0 Å². The molecule has 0 unspecified atom stereocenters. The predicted octanol–water partition coefficient (Wildman–Crippen LogP) is 3.58. The molecule has 0 aromatic rings. The normalized spacial score (nSPS) is 22.7. The molecule has 0 N–H and O–H groups in total. The number of carbonyl (C=O) groups is 1. The van der Waals surface area contributed by atoms with Gasteiger partial charge in [0.2, 0.25) is 0 Å². The molecule has 0 aromatic heterocycles. The lowest BCUT2D eigenvalue weighted by Gasteiger charge is -2.33. The second-order valence-corrected chi connectivity index (χ2v) is 4.96. The molecule has 0 bridgehead atoms. The molecular weight excluding hydrogens is 188 g/mol. The van der Waals surface area contributed by atoms with E-state index in [-0.39, 0.29) is 0 Å². The molecule has 76 valence electrons. The van der Waals surface area contributed by atoms with Gasteiger partial charge in [-0.05, 0) is 37.0 Å². The Bertz CT molecular complexity index is 179. The predicted molar refractivity (Wildman–Crippen MR) is 52.9 cm³/mol. The average molecular weight is 205 g/mol. The largest absolute Gasteiger partial charge is 0.453 e. The lowest BCUT2D eigenvalue weighted by Crippen LogP contribution is -2.24. The van der Waals surface area contributed by atoms with E-state index >= 15 is 0 Å². The van der Waals surface area contributed by atoms with Crippen molar-refractivity contribution in [2.75, 3.05) is 6.61 Å². The van der Waals surface area contributed by atoms with Crippen molar-refractivity contribution >= 4 is 17.0 Å². The summed E-state index contributed by atoms with van der Waals surface area (Å²) in [6.45, 7) is 5.08. The first-order valence-electron chi connectivity index (χ1n) is 4.82. The molecule has 0 amide bonds. The molecule has 2 nitrogen and oxygen atoms in total. The minimum absolute atomic E-state index is 0.474. The van der Waals surface area contributed by atoms with E-state index in [4.69, 9.17) is 16.3 Å². The Kier molecular flexibility index (Phi) is 3.60. The van der Waals surface area contributed by atoms with Gasteiger partial charge in [0.1, 0.15) is 0 Å². The average Bonchev–Trinajstić information content (AvgIpc) is 2.02. The summed E-state index contributed by atoms with van der Waals surface area (Å²) in [4.78, 5) is 10.4. The van der Waals surface area contributed by atoms with Crippen LogP contribution >= 0.6 is 11.6 Å². The first-order valence-corrected chi connectivity index (χ1v) is 5.20. The van der Waals surface area contributed by atoms with E-state index in [1.54, 1.807) is 0 Å². The first kappa shape index (κ1) is 10.8. The van der Waals surface area contributed by atoms with Gasteiger partial charge in [-0.3, -0.25) is 0 Å². The summed E-state index contributed by atoms with van der Waals surface area (Å²) in [5, 5.41) is 0. The van der Waals surface area contributed by atoms with Gasteiger partial charge in [-0.1, -0.05) is 13.8 Å². The highest BCUT2D eigenvalue weighted by Crippen LogP contribution is 2.37. The maximum Gasteiger partial charge on any atom is 0.403 e. The lowest BCUT2D eigenvalue weighted by molar-refractivity contribution is 0.111. The van der Waals surface area contributed by atoms with E-state index in [0.29, 0.717) is 17.9 Å². The highest BCUT2D eigenvalue weighted by Gasteiger charge is 2.27. The van der Waals surface area contributed by atoms with Crippen LogP contribution in [-0.2, 0) is 4.74 Å². The molecule has 0 heterocycles. The summed E-state index contributed by atoms with van der Waals surface area (Å²) < 4.78 is 4.78. The second-order valence-electron chi connectivity index (χ2n) is 4.66. The Balaban J connectivity index is 2.21. The van der Waals surface area contributed by atoms with Crippen LogP contribution < -0.4 is 0 Å². The Hall–Kier alpha value is -0.240. The standard InChI is InChI=1S/C10H17ClO2/c1-10(2)5-3-8(4-6-10)7-13-9(11)12/h8H,3-7H2,1-2H3. The third kappa shape index (κ3) is 3.99. The van der Waals surface area contributed by atoms with Gasteiger partial charge in [0.05, 0.1) is 6.61 Å². The highest BCUT2D eigenvalue weighted by atomic mass is 35.5. The summed E-state index contributed by atoms with van der Waals surface area (Å²) >= 11 is 5.09. The van der Waals surface area contributed by atoms with Crippen molar-refractivity contribution in [1.82, 2.24) is 0 Å². The minimum atomic E-state index is -0.676. The zero-order valence-corrected chi connectivity index (χ0v) is 9.06. The van der Waals surface area contributed by atoms with Crippen LogP contribution in [0, 0.1) is 11.3 Å². The smallest absolute Gasteiger partial charge is 0.403 e. The van der Waals surface area contributed by atoms with Crippen LogP contribution in [0.2, 0.25) is 0 Å². The first-order chi connectivity index (χ1) is 5.99. The fraction of sp³-hybridized carbons (Fsp3) is 0.900. The summed E-state index contributed by atoms with van der Waals surface area (Å²) in [6, 6.07) is 0. The lowest BCUT2D eigenvalue weighted by atomic mass is 9.73. The maximum absolute atomic E-state index is 10.4. The van der Waals surface area contributed by atoms with Gasteiger partial charge in [0.25, 0.3) is 0 Å². The van der Waals surface area contributed by atoms with Crippen molar-refractivity contribution < 1.29 is 9.53 Å². The van der Waals surface area contributed by atoms with Crippen LogP contribution in [0.4, 0.5) is 4.79 Å². The molecule has 3 heteroatoms. The molecule has 0 aliphatic heterocycles. The Morgan fingerprint density at radius 2 is 2.00 bits per heavy atom. The van der Waals surface area contributed by atoms with E-state index in [9.17, 15) is 4.79 Å². The molecule has 0 radical (unpaired) electrons. The third-order valence-electron chi connectivity index (χ3n) is 2.89. The quantitative estimate of drug-likeness (QED) is 0.643. The van der Waals surface area contributed by atoms with Crippen molar-refractivity contribution in [3.8, 4) is 0 Å². The molecule has 0 atom stereocenters. The van der Waals surface area contributed by atoms with E-state index in [0.717, 1.165) is 12.8 Å². The molecule has 1 aliphatic rings. The van der Waals surface area contributed by atoms with Crippen LogP contribution in [0.5, 0.6) is 0 Å². The number of rotatable bonds is 2. The van der Waals surface area contributed by atoms with Crippen molar-refractivity contribution in [3.05, 3.63) is 0 Å². The van der Waals surface area contributed by atoms with Crippen LogP contribution in [0.1, 0.15) is 39.5 Å². The van der Waals surface area contributed by atoms with Crippen molar-refractivity contribution in [2.24, 2.45) is 11.3 Å². The minimum Gasteiger partial charge on any atom is -0.453 e. The monoisotopic (exact) mass is 204 g/mol. The number of carbonyl (C=O) groups excluding carboxylic acids is 1. The number of ether oxygens (including phenoxy) is 1. The van der Waals surface area contributed by atoms with Gasteiger partial charge in [-0.2, -0.15) is 0 Å². The highest BCUT2D eigenvalue weighted by molar-refractivity contribution is 6.61. The molecule has 1 fully saturated rings. The number of hydrogen-bond donors (Lipinski definition) is 0. The Morgan fingerprint density at radius 3 is 2.46 bits per heavy atom. The molecule has 0 saturated heterocycles. The summed E-state index contributed by atoms with van der Waals surface area (Å²) in [7, 11) is 0. The van der Waals surface area contributed by atoms with Gasteiger partial charge >= 0.3 is 5.43 Å². The van der Waals surface area contributed by atoms with Gasteiger partial charge in [0.15, 0.2) is 0 Å². The molecule has 0 spiro atoms. The number of halogens is 1. The summed E-state index contributed by atoms with van der Waals surface area (Å²) in [5.41, 5.74) is -0.202. The van der Waals surface area contributed by atoms with E-state index in [1.165, 1.54) is 12.8 Å². The number of hydrogen-bond acceptors (Lipinski definition) is 2. The Labute approximate surface area is 84.6 Å². The fourth-order valence-electron chi connectivity index (χ4n) is 1.81. The second kappa shape index (κ2) is 4.32. The van der Waals surface area contributed by atoms with Gasteiger partial charge in [-0.25, -0.2) is 4.79 Å².